The number of carbonyl (C=O) groups excluding carboxylic acids is 3. The van der Waals surface area contributed by atoms with Crippen LogP contribution in [-0.4, -0.2) is 41.8 Å². The predicted octanol–water partition coefficient (Wildman–Crippen LogP) is 3.32. The molecule has 2 fully saturated rings. The summed E-state index contributed by atoms with van der Waals surface area (Å²) in [6, 6.07) is 10.8. The first-order chi connectivity index (χ1) is 14.9. The van der Waals surface area contributed by atoms with E-state index >= 15 is 0 Å². The zero-order valence-electron chi connectivity index (χ0n) is 17.3. The second-order valence-electron chi connectivity index (χ2n) is 8.90. The first kappa shape index (κ1) is 20.1. The third-order valence-corrected chi connectivity index (χ3v) is 7.25. The van der Waals surface area contributed by atoms with Gasteiger partial charge in [-0.1, -0.05) is 11.6 Å². The Balaban J connectivity index is 1.19. The molecule has 1 unspecified atom stereocenters. The highest BCUT2D eigenvalue weighted by molar-refractivity contribution is 6.30. The Bertz CT molecular complexity index is 1110. The molecule has 1 aliphatic carbocycles. The van der Waals surface area contributed by atoms with E-state index in [9.17, 15) is 14.4 Å². The number of hydrogen-bond acceptors (Lipinski definition) is 3. The molecule has 2 aromatic rings. The number of hydrogen-bond donors (Lipinski definition) is 2. The summed E-state index contributed by atoms with van der Waals surface area (Å²) in [5, 5.41) is 6.58. The number of likely N-dealkylation sites (tertiary alicyclic amines) is 1. The van der Waals surface area contributed by atoms with Crippen LogP contribution in [0.2, 0.25) is 5.02 Å². The summed E-state index contributed by atoms with van der Waals surface area (Å²) in [7, 11) is 0. The Labute approximate surface area is 185 Å². The predicted molar refractivity (Wildman–Crippen MR) is 117 cm³/mol. The van der Waals surface area contributed by atoms with Gasteiger partial charge in [0.1, 0.15) is 0 Å². The molecule has 2 aliphatic heterocycles. The van der Waals surface area contributed by atoms with Crippen molar-refractivity contribution in [2.75, 3.05) is 13.1 Å². The van der Waals surface area contributed by atoms with E-state index in [1.807, 2.05) is 17.9 Å². The van der Waals surface area contributed by atoms with E-state index in [1.165, 1.54) is 0 Å². The maximum absolute atomic E-state index is 13.0. The smallest absolute Gasteiger partial charge is 0.253 e. The minimum atomic E-state index is -0.0791. The van der Waals surface area contributed by atoms with Gasteiger partial charge in [0.05, 0.1) is 0 Å². The molecule has 1 atom stereocenters. The van der Waals surface area contributed by atoms with Crippen molar-refractivity contribution in [2.24, 2.45) is 5.41 Å². The van der Waals surface area contributed by atoms with Gasteiger partial charge in [-0.2, -0.15) is 0 Å². The molecule has 2 N–H and O–H groups in total. The number of fused-ring (bicyclic) bond motifs is 1. The van der Waals surface area contributed by atoms with Crippen LogP contribution in [0.3, 0.4) is 0 Å². The highest BCUT2D eigenvalue weighted by Crippen LogP contribution is 2.54. The number of halogens is 1. The molecular weight excluding hydrogens is 414 g/mol. The van der Waals surface area contributed by atoms with Gasteiger partial charge >= 0.3 is 0 Å². The highest BCUT2D eigenvalue weighted by Gasteiger charge is 2.56. The normalized spacial score (nSPS) is 20.9. The summed E-state index contributed by atoms with van der Waals surface area (Å²) in [4.78, 5) is 39.2. The van der Waals surface area contributed by atoms with Crippen molar-refractivity contribution in [3.63, 3.8) is 0 Å². The van der Waals surface area contributed by atoms with E-state index in [2.05, 4.69) is 10.6 Å². The third kappa shape index (κ3) is 3.59. The Morgan fingerprint density at radius 2 is 1.94 bits per heavy atom. The monoisotopic (exact) mass is 437 g/mol. The van der Waals surface area contributed by atoms with Gasteiger partial charge < -0.3 is 15.5 Å². The highest BCUT2D eigenvalue weighted by atomic mass is 35.5. The lowest BCUT2D eigenvalue weighted by Gasteiger charge is -2.33. The van der Waals surface area contributed by atoms with Crippen molar-refractivity contribution in [1.29, 1.82) is 0 Å². The lowest BCUT2D eigenvalue weighted by molar-refractivity contribution is 0.0667. The molecular formula is C24H24ClN3O3. The number of benzene rings is 2. The van der Waals surface area contributed by atoms with Crippen LogP contribution in [0.5, 0.6) is 0 Å². The van der Waals surface area contributed by atoms with Gasteiger partial charge in [-0.15, -0.1) is 0 Å². The summed E-state index contributed by atoms with van der Waals surface area (Å²) < 4.78 is 0. The molecule has 3 amide bonds. The van der Waals surface area contributed by atoms with Crippen LogP contribution in [0.4, 0.5) is 0 Å². The number of rotatable bonds is 3. The van der Waals surface area contributed by atoms with E-state index in [0.29, 0.717) is 41.3 Å². The molecule has 1 spiro atoms. The number of nitrogens with one attached hydrogen (secondary N) is 2. The second-order valence-corrected chi connectivity index (χ2v) is 9.34. The summed E-state index contributed by atoms with van der Waals surface area (Å²) in [6.45, 7) is 3.73. The van der Waals surface area contributed by atoms with E-state index < -0.39 is 0 Å². The van der Waals surface area contributed by atoms with Crippen LogP contribution in [0.25, 0.3) is 0 Å². The number of piperidine rings is 1. The fourth-order valence-corrected chi connectivity index (χ4v) is 5.15. The Morgan fingerprint density at radius 1 is 1.16 bits per heavy atom. The zero-order chi connectivity index (χ0) is 21.8. The molecule has 1 saturated carbocycles. The average molecular weight is 438 g/mol. The van der Waals surface area contributed by atoms with Crippen molar-refractivity contribution in [2.45, 2.75) is 38.8 Å². The molecule has 7 heteroatoms. The van der Waals surface area contributed by atoms with E-state index in [1.54, 1.807) is 30.3 Å². The van der Waals surface area contributed by atoms with E-state index in [-0.39, 0.29) is 29.2 Å². The van der Waals surface area contributed by atoms with Crippen LogP contribution >= 0.6 is 11.6 Å². The standard InChI is InChI=1S/C24H24ClN3O3/c1-14-10-17(25)3-5-18(14)22(30)27-20-12-24(20)6-8-28(9-7-24)23(31)15-2-4-19-16(11-15)13-26-21(19)29/h2-5,10-11,20H,6-9,12-13H2,1H3,(H,26,29)(H,27,30). The maximum Gasteiger partial charge on any atom is 0.253 e. The van der Waals surface area contributed by atoms with Crippen LogP contribution in [0.1, 0.15) is 61.5 Å². The van der Waals surface area contributed by atoms with Crippen molar-refractivity contribution in [3.05, 3.63) is 69.2 Å². The summed E-state index contributed by atoms with van der Waals surface area (Å²) in [6.07, 6.45) is 2.72. The van der Waals surface area contributed by atoms with Crippen LogP contribution in [0, 0.1) is 12.3 Å². The van der Waals surface area contributed by atoms with Crippen LogP contribution in [-0.2, 0) is 6.54 Å². The molecule has 2 heterocycles. The van der Waals surface area contributed by atoms with Gasteiger partial charge in [0.15, 0.2) is 0 Å². The summed E-state index contributed by atoms with van der Waals surface area (Å²) in [5.41, 5.74) is 3.79. The molecule has 0 bridgehead atoms. The van der Waals surface area contributed by atoms with Gasteiger partial charge in [0.25, 0.3) is 17.7 Å². The zero-order valence-corrected chi connectivity index (χ0v) is 18.1. The Morgan fingerprint density at radius 3 is 2.68 bits per heavy atom. The number of amides is 3. The van der Waals surface area contributed by atoms with Crippen molar-refractivity contribution in [3.8, 4) is 0 Å². The van der Waals surface area contributed by atoms with Crippen molar-refractivity contribution in [1.82, 2.24) is 15.5 Å². The van der Waals surface area contributed by atoms with Crippen molar-refractivity contribution >= 4 is 29.3 Å². The Hall–Kier alpha value is -2.86. The first-order valence-corrected chi connectivity index (χ1v) is 11.0. The fraction of sp³-hybridized carbons (Fsp3) is 0.375. The number of carbonyl (C=O) groups is 3. The van der Waals surface area contributed by atoms with Crippen LogP contribution < -0.4 is 10.6 Å². The fourth-order valence-electron chi connectivity index (χ4n) is 4.93. The van der Waals surface area contributed by atoms with Gasteiger partial charge in [0, 0.05) is 47.4 Å². The molecule has 160 valence electrons. The first-order valence-electron chi connectivity index (χ1n) is 10.6. The SMILES string of the molecule is Cc1cc(Cl)ccc1C(=O)NC1CC12CCN(C(=O)c1ccc3c(c1)CNC3=O)CC2. The van der Waals surface area contributed by atoms with E-state index in [0.717, 1.165) is 30.4 Å². The quantitative estimate of drug-likeness (QED) is 0.773. The second kappa shape index (κ2) is 7.38. The Kier molecular flexibility index (Phi) is 4.77. The number of nitrogens with zero attached hydrogens (tertiary/aromatic N) is 1. The maximum atomic E-state index is 13.0. The van der Waals surface area contributed by atoms with Crippen LogP contribution in [0.15, 0.2) is 36.4 Å². The van der Waals surface area contributed by atoms with Crippen molar-refractivity contribution < 1.29 is 14.4 Å². The molecule has 0 aromatic heterocycles. The molecule has 0 radical (unpaired) electrons. The molecule has 3 aliphatic rings. The summed E-state index contributed by atoms with van der Waals surface area (Å²) in [5.74, 6) is -0.129. The molecule has 5 rings (SSSR count). The van der Waals surface area contributed by atoms with Gasteiger partial charge in [-0.25, -0.2) is 0 Å². The van der Waals surface area contributed by atoms with Gasteiger partial charge in [0.2, 0.25) is 0 Å². The summed E-state index contributed by atoms with van der Waals surface area (Å²) >= 11 is 5.99. The van der Waals surface area contributed by atoms with E-state index in [4.69, 9.17) is 11.6 Å². The molecule has 1 saturated heterocycles. The minimum Gasteiger partial charge on any atom is -0.349 e. The van der Waals surface area contributed by atoms with Gasteiger partial charge in [-0.05, 0) is 79.1 Å². The lowest BCUT2D eigenvalue weighted by Crippen LogP contribution is -2.41. The average Bonchev–Trinajstić information content (AvgIpc) is 3.26. The minimum absolute atomic E-state index is 0.00928. The molecule has 31 heavy (non-hydrogen) atoms. The molecule has 2 aromatic carbocycles. The largest absolute Gasteiger partial charge is 0.349 e. The third-order valence-electron chi connectivity index (χ3n) is 7.01. The topological polar surface area (TPSA) is 78.5 Å². The lowest BCUT2D eigenvalue weighted by atomic mass is 9.92. The number of aryl methyl sites for hydroxylation is 1. The molecule has 6 nitrogen and oxygen atoms in total. The van der Waals surface area contributed by atoms with Gasteiger partial charge in [-0.3, -0.25) is 14.4 Å².